The number of benzene rings is 1. The lowest BCUT2D eigenvalue weighted by Gasteiger charge is -2.28. The van der Waals surface area contributed by atoms with Crippen molar-refractivity contribution < 1.29 is 9.59 Å². The summed E-state index contributed by atoms with van der Waals surface area (Å²) in [4.78, 5) is 31.1. The van der Waals surface area contributed by atoms with Crippen molar-refractivity contribution in [2.45, 2.75) is 19.8 Å². The highest BCUT2D eigenvalue weighted by atomic mass is 16.1. The molecule has 1 aliphatic rings. The van der Waals surface area contributed by atoms with Crippen LogP contribution in [0.15, 0.2) is 60.4 Å². The molecule has 0 unspecified atom stereocenters. The number of aromatic nitrogens is 1. The van der Waals surface area contributed by atoms with Gasteiger partial charge >= 0.3 is 0 Å². The van der Waals surface area contributed by atoms with Crippen molar-refractivity contribution in [1.82, 2.24) is 4.98 Å². The van der Waals surface area contributed by atoms with Crippen LogP contribution < -0.4 is 4.90 Å². The van der Waals surface area contributed by atoms with E-state index in [4.69, 9.17) is 0 Å². The molecule has 116 valence electrons. The molecule has 1 aromatic carbocycles. The average molecular weight is 306 g/mol. The molecule has 0 saturated heterocycles. The topological polar surface area (TPSA) is 50.3 Å². The third-order valence-electron chi connectivity index (χ3n) is 3.88. The van der Waals surface area contributed by atoms with Crippen LogP contribution in [0.5, 0.6) is 0 Å². The van der Waals surface area contributed by atoms with Crippen LogP contribution in [0.2, 0.25) is 0 Å². The molecule has 1 heterocycles. The van der Waals surface area contributed by atoms with Gasteiger partial charge in [-0.25, -0.2) is 0 Å². The Morgan fingerprint density at radius 3 is 2.57 bits per heavy atom. The average Bonchev–Trinajstić information content (AvgIpc) is 2.60. The number of anilines is 1. The third kappa shape index (κ3) is 2.93. The van der Waals surface area contributed by atoms with E-state index in [0.29, 0.717) is 17.8 Å². The van der Waals surface area contributed by atoms with Gasteiger partial charge in [0.15, 0.2) is 0 Å². The van der Waals surface area contributed by atoms with Crippen LogP contribution in [-0.2, 0) is 0 Å². The van der Waals surface area contributed by atoms with Crippen molar-refractivity contribution in [1.29, 1.82) is 0 Å². The molecule has 0 bridgehead atoms. The maximum absolute atomic E-state index is 12.8. The summed E-state index contributed by atoms with van der Waals surface area (Å²) in [6.45, 7) is 2.80. The number of unbranched alkanes of at least 4 members (excludes halogenated alkanes) is 1. The number of allylic oxidation sites excluding steroid dienone is 2. The first kappa shape index (κ1) is 15.2. The highest BCUT2D eigenvalue weighted by Crippen LogP contribution is 2.27. The Morgan fingerprint density at radius 2 is 1.83 bits per heavy atom. The van der Waals surface area contributed by atoms with E-state index in [1.54, 1.807) is 12.1 Å². The summed E-state index contributed by atoms with van der Waals surface area (Å²) in [6, 6.07) is 13.0. The van der Waals surface area contributed by atoms with E-state index < -0.39 is 0 Å². The van der Waals surface area contributed by atoms with Crippen LogP contribution >= 0.6 is 0 Å². The van der Waals surface area contributed by atoms with E-state index >= 15 is 0 Å². The Kier molecular flexibility index (Phi) is 4.33. The van der Waals surface area contributed by atoms with E-state index in [1.165, 1.54) is 12.3 Å². The Bertz CT molecular complexity index is 766. The van der Waals surface area contributed by atoms with Crippen molar-refractivity contribution in [2.24, 2.45) is 0 Å². The molecule has 4 heteroatoms. The molecule has 1 aliphatic carbocycles. The van der Waals surface area contributed by atoms with Gasteiger partial charge in [-0.1, -0.05) is 31.5 Å². The number of hydrogen-bond donors (Lipinski definition) is 0. The monoisotopic (exact) mass is 306 g/mol. The second-order valence-corrected chi connectivity index (χ2v) is 5.46. The summed E-state index contributed by atoms with van der Waals surface area (Å²) >= 11 is 0. The molecular formula is C19H18N2O2. The zero-order valence-electron chi connectivity index (χ0n) is 13.0. The molecule has 23 heavy (non-hydrogen) atoms. The van der Waals surface area contributed by atoms with Crippen molar-refractivity contribution in [3.8, 4) is 0 Å². The van der Waals surface area contributed by atoms with Crippen LogP contribution in [0.25, 0.3) is 0 Å². The molecule has 0 atom stereocenters. The standard InChI is InChI=1S/C19H18N2O2/c1-2-3-12-21(14-8-5-4-6-9-14)16-13-17(22)18-15(19(16)23)10-7-11-20-18/h4-11,13H,2-3,12H2,1H3. The Hall–Kier alpha value is -2.75. The highest BCUT2D eigenvalue weighted by molar-refractivity contribution is 6.24. The molecule has 4 nitrogen and oxygen atoms in total. The van der Waals surface area contributed by atoms with Gasteiger partial charge in [0.1, 0.15) is 5.69 Å². The van der Waals surface area contributed by atoms with Crippen LogP contribution in [0.4, 0.5) is 5.69 Å². The molecule has 0 spiro atoms. The minimum atomic E-state index is -0.215. The summed E-state index contributed by atoms with van der Waals surface area (Å²) in [5.74, 6) is -0.361. The molecule has 0 fully saturated rings. The summed E-state index contributed by atoms with van der Waals surface area (Å²) in [5, 5.41) is 0. The number of ketones is 2. The van der Waals surface area contributed by atoms with Gasteiger partial charge in [0.05, 0.1) is 11.3 Å². The van der Waals surface area contributed by atoms with E-state index in [2.05, 4.69) is 11.9 Å². The lowest BCUT2D eigenvalue weighted by Crippen LogP contribution is -2.32. The quantitative estimate of drug-likeness (QED) is 0.846. The van der Waals surface area contributed by atoms with Gasteiger partial charge in [-0.2, -0.15) is 0 Å². The zero-order chi connectivity index (χ0) is 16.2. The van der Waals surface area contributed by atoms with Gasteiger partial charge in [0.25, 0.3) is 0 Å². The minimum Gasteiger partial charge on any atom is -0.338 e. The summed E-state index contributed by atoms with van der Waals surface area (Å²) in [6.07, 6.45) is 4.90. The largest absolute Gasteiger partial charge is 0.338 e. The summed E-state index contributed by atoms with van der Waals surface area (Å²) in [7, 11) is 0. The van der Waals surface area contributed by atoms with E-state index in [9.17, 15) is 9.59 Å². The fraction of sp³-hybridized carbons (Fsp3) is 0.211. The van der Waals surface area contributed by atoms with Crippen molar-refractivity contribution >= 4 is 17.3 Å². The van der Waals surface area contributed by atoms with Gasteiger partial charge in [0.2, 0.25) is 11.6 Å². The number of pyridine rings is 1. The molecular weight excluding hydrogens is 288 g/mol. The zero-order valence-corrected chi connectivity index (χ0v) is 13.0. The molecule has 2 aromatic rings. The molecule has 0 N–H and O–H groups in total. The predicted octanol–water partition coefficient (Wildman–Crippen LogP) is 3.65. The smallest absolute Gasteiger partial charge is 0.211 e. The first-order chi connectivity index (χ1) is 11.2. The fourth-order valence-corrected chi connectivity index (χ4v) is 2.69. The summed E-state index contributed by atoms with van der Waals surface area (Å²) in [5.41, 5.74) is 1.97. The molecule has 0 amide bonds. The van der Waals surface area contributed by atoms with Gasteiger partial charge in [-0.05, 0) is 30.7 Å². The van der Waals surface area contributed by atoms with E-state index in [0.717, 1.165) is 18.5 Å². The number of hydrogen-bond acceptors (Lipinski definition) is 4. The number of carbonyl (C=O) groups excluding carboxylic acids is 2. The number of rotatable bonds is 5. The second kappa shape index (κ2) is 6.57. The minimum absolute atomic E-state index is 0.146. The van der Waals surface area contributed by atoms with Crippen molar-refractivity contribution in [3.63, 3.8) is 0 Å². The van der Waals surface area contributed by atoms with E-state index in [1.807, 2.05) is 35.2 Å². The number of para-hydroxylation sites is 1. The number of fused-ring (bicyclic) bond motifs is 1. The normalized spacial score (nSPS) is 13.5. The lowest BCUT2D eigenvalue weighted by atomic mass is 9.96. The van der Waals surface area contributed by atoms with E-state index in [-0.39, 0.29) is 17.3 Å². The third-order valence-corrected chi connectivity index (χ3v) is 3.88. The highest BCUT2D eigenvalue weighted by Gasteiger charge is 2.30. The maximum Gasteiger partial charge on any atom is 0.211 e. The Balaban J connectivity index is 2.03. The summed E-state index contributed by atoms with van der Waals surface area (Å²) < 4.78 is 0. The van der Waals surface area contributed by atoms with Gasteiger partial charge in [-0.15, -0.1) is 0 Å². The SMILES string of the molecule is CCCCN(C1=CC(=O)c2ncccc2C1=O)c1ccccc1. The van der Waals surface area contributed by atoms with Gasteiger partial charge < -0.3 is 4.90 Å². The molecule has 1 aromatic heterocycles. The second-order valence-electron chi connectivity index (χ2n) is 5.46. The van der Waals surface area contributed by atoms with Gasteiger partial charge in [-0.3, -0.25) is 14.6 Å². The van der Waals surface area contributed by atoms with Crippen LogP contribution in [0.1, 0.15) is 40.6 Å². The predicted molar refractivity (Wildman–Crippen MR) is 89.7 cm³/mol. The number of Topliss-reactive ketones (excluding diaryl/α,β-unsaturated/α-hetero) is 1. The first-order valence-electron chi connectivity index (χ1n) is 7.80. The van der Waals surface area contributed by atoms with Crippen molar-refractivity contribution in [3.05, 3.63) is 71.7 Å². The Labute approximate surface area is 135 Å². The molecule has 0 saturated carbocycles. The number of nitrogens with zero attached hydrogens (tertiary/aromatic N) is 2. The van der Waals surface area contributed by atoms with Crippen LogP contribution in [-0.4, -0.2) is 23.1 Å². The fourth-order valence-electron chi connectivity index (χ4n) is 2.69. The van der Waals surface area contributed by atoms with Crippen LogP contribution in [0.3, 0.4) is 0 Å². The molecule has 3 rings (SSSR count). The molecule has 0 radical (unpaired) electrons. The maximum atomic E-state index is 12.8. The van der Waals surface area contributed by atoms with Crippen LogP contribution in [0, 0.1) is 0 Å². The lowest BCUT2D eigenvalue weighted by molar-refractivity contribution is 0.0978. The Morgan fingerprint density at radius 1 is 1.04 bits per heavy atom. The molecule has 0 aliphatic heterocycles. The van der Waals surface area contributed by atoms with Gasteiger partial charge in [0, 0.05) is 24.5 Å². The number of carbonyl (C=O) groups is 2. The first-order valence-corrected chi connectivity index (χ1v) is 7.80. The van der Waals surface area contributed by atoms with Crippen molar-refractivity contribution in [2.75, 3.05) is 11.4 Å².